The van der Waals surface area contributed by atoms with Gasteiger partial charge in [0.15, 0.2) is 0 Å². The summed E-state index contributed by atoms with van der Waals surface area (Å²) < 4.78 is 0. The van der Waals surface area contributed by atoms with Crippen LogP contribution in [0.15, 0.2) is 54.6 Å². The molecule has 0 saturated carbocycles. The van der Waals surface area contributed by atoms with Crippen molar-refractivity contribution in [1.29, 1.82) is 0 Å². The molecule has 6 heteroatoms. The van der Waals surface area contributed by atoms with Gasteiger partial charge in [-0.15, -0.1) is 0 Å². The Morgan fingerprint density at radius 2 is 1.75 bits per heavy atom. The summed E-state index contributed by atoms with van der Waals surface area (Å²) in [5.41, 5.74) is 4.60. The topological polar surface area (TPSA) is 78.7 Å². The van der Waals surface area contributed by atoms with E-state index in [0.717, 1.165) is 0 Å². The summed E-state index contributed by atoms with van der Waals surface area (Å²) >= 11 is 0. The zero-order chi connectivity index (χ0) is 14.4. The van der Waals surface area contributed by atoms with Gasteiger partial charge in [-0.05, 0) is 12.1 Å². The number of carbonyl (C=O) groups excluding carboxylic acids is 1. The minimum atomic E-state index is -0.531. The first-order valence-electron chi connectivity index (χ1n) is 5.67. The quantitative estimate of drug-likeness (QED) is 0.368. The van der Waals surface area contributed by atoms with Crippen molar-refractivity contribution in [2.24, 2.45) is 0 Å². The Hall–Kier alpha value is -3.20. The third-order valence-corrected chi connectivity index (χ3v) is 2.41. The number of hydrogen-bond acceptors (Lipinski definition) is 3. The van der Waals surface area contributed by atoms with Gasteiger partial charge >= 0.3 is 11.9 Å². The number of nitrogens with zero attached hydrogens (tertiary/aromatic N) is 3. The normalized spacial score (nSPS) is 9.20. The number of carbonyl (C=O) groups is 1. The molecule has 6 nitrogen and oxygen atoms in total. The first-order chi connectivity index (χ1) is 9.66. The fourth-order valence-corrected chi connectivity index (χ4v) is 1.42. The van der Waals surface area contributed by atoms with Gasteiger partial charge in [-0.3, -0.25) is 20.3 Å². The van der Waals surface area contributed by atoms with Crippen molar-refractivity contribution in [2.45, 2.75) is 0 Å². The summed E-state index contributed by atoms with van der Waals surface area (Å²) in [6.07, 6.45) is 0. The second kappa shape index (κ2) is 6.11. The molecule has 0 aliphatic heterocycles. The van der Waals surface area contributed by atoms with E-state index in [2.05, 4.69) is 16.4 Å². The number of benzene rings is 2. The van der Waals surface area contributed by atoms with E-state index in [1.165, 1.54) is 24.3 Å². The van der Waals surface area contributed by atoms with Gasteiger partial charge in [0.2, 0.25) is 0 Å². The van der Waals surface area contributed by atoms with Gasteiger partial charge in [0.1, 0.15) is 0 Å². The number of non-ortho nitro benzene ring substituents is 1. The van der Waals surface area contributed by atoms with Gasteiger partial charge in [-0.2, -0.15) is 0 Å². The van der Waals surface area contributed by atoms with Crippen LogP contribution in [0, 0.1) is 16.2 Å². The maximum absolute atomic E-state index is 11.7. The molecule has 0 bridgehead atoms. The molecular weight excluding hydrogens is 258 g/mol. The number of hydrogen-bond donors (Lipinski definition) is 0. The Bertz CT molecular complexity index is 685. The molecule has 0 aliphatic carbocycles. The maximum Gasteiger partial charge on any atom is 0.354 e. The SMILES string of the molecule is O=C(C#[N+][N-]c1ccccc1)c1ccc([N+](=O)[O-])cc1. The zero-order valence-electron chi connectivity index (χ0n) is 10.3. The van der Waals surface area contributed by atoms with Gasteiger partial charge in [-0.25, -0.2) is 0 Å². The Labute approximate surface area is 114 Å². The summed E-state index contributed by atoms with van der Waals surface area (Å²) in [7, 11) is 0. The largest absolute Gasteiger partial charge is 0.354 e. The second-order valence-corrected chi connectivity index (χ2v) is 3.78. The third kappa shape index (κ3) is 3.40. The van der Waals surface area contributed by atoms with Crippen LogP contribution in [0.3, 0.4) is 0 Å². The van der Waals surface area contributed by atoms with Crippen LogP contribution in [-0.4, -0.2) is 10.7 Å². The highest BCUT2D eigenvalue weighted by molar-refractivity contribution is 6.08. The van der Waals surface area contributed by atoms with Gasteiger partial charge < -0.3 is 0 Å². The van der Waals surface area contributed by atoms with E-state index in [9.17, 15) is 14.9 Å². The number of Topliss-reactive ketones (excluding diaryl/α,β-unsaturated/α-hetero) is 1. The van der Waals surface area contributed by atoms with E-state index in [4.69, 9.17) is 0 Å². The van der Waals surface area contributed by atoms with E-state index in [-0.39, 0.29) is 11.3 Å². The lowest BCUT2D eigenvalue weighted by molar-refractivity contribution is -0.384. The predicted octanol–water partition coefficient (Wildman–Crippen LogP) is 3.73. The molecule has 20 heavy (non-hydrogen) atoms. The molecule has 0 radical (unpaired) electrons. The summed E-state index contributed by atoms with van der Waals surface area (Å²) in [6, 6.07) is 16.4. The Kier molecular flexibility index (Phi) is 4.04. The first kappa shape index (κ1) is 13.2. The van der Waals surface area contributed by atoms with Crippen LogP contribution in [0.25, 0.3) is 10.4 Å². The molecule has 0 aliphatic rings. The Morgan fingerprint density at radius 1 is 1.10 bits per heavy atom. The number of nitro groups is 1. The predicted molar refractivity (Wildman–Crippen MR) is 74.1 cm³/mol. The Morgan fingerprint density at radius 3 is 2.35 bits per heavy atom. The van der Waals surface area contributed by atoms with Gasteiger partial charge in [0.25, 0.3) is 5.69 Å². The molecule has 0 saturated heterocycles. The van der Waals surface area contributed by atoms with E-state index >= 15 is 0 Å². The lowest BCUT2D eigenvalue weighted by Gasteiger charge is -1.97. The van der Waals surface area contributed by atoms with Gasteiger partial charge in [0.05, 0.1) is 4.92 Å². The molecule has 0 atom stereocenters. The zero-order valence-corrected chi connectivity index (χ0v) is 10.3. The van der Waals surface area contributed by atoms with Crippen molar-refractivity contribution in [1.82, 2.24) is 0 Å². The monoisotopic (exact) mass is 267 g/mol. The minimum absolute atomic E-state index is 0.0764. The molecule has 0 aromatic heterocycles. The van der Waals surface area contributed by atoms with Crippen LogP contribution in [-0.2, 0) is 0 Å². The number of nitro benzene ring substituents is 1. The molecule has 0 spiro atoms. The third-order valence-electron chi connectivity index (χ3n) is 2.41. The molecule has 0 amide bonds. The van der Waals surface area contributed by atoms with E-state index in [0.29, 0.717) is 5.69 Å². The van der Waals surface area contributed by atoms with Crippen LogP contribution in [0.4, 0.5) is 11.4 Å². The van der Waals surface area contributed by atoms with Gasteiger partial charge in [0, 0.05) is 17.7 Å². The second-order valence-electron chi connectivity index (χ2n) is 3.78. The van der Waals surface area contributed by atoms with Crippen molar-refractivity contribution >= 4 is 17.2 Å². The van der Waals surface area contributed by atoms with Crippen LogP contribution < -0.4 is 0 Å². The molecule has 2 aromatic rings. The van der Waals surface area contributed by atoms with Crippen molar-refractivity contribution in [3.63, 3.8) is 0 Å². The molecular formula is C14H9N3O3. The molecule has 0 heterocycles. The summed E-state index contributed by atoms with van der Waals surface area (Å²) in [6.45, 7) is 0. The summed E-state index contributed by atoms with van der Waals surface area (Å²) in [5.74, 6) is -0.487. The van der Waals surface area contributed by atoms with Crippen LogP contribution in [0.1, 0.15) is 10.4 Å². The van der Waals surface area contributed by atoms with Crippen LogP contribution in [0.2, 0.25) is 0 Å². The smallest absolute Gasteiger partial charge is 0.278 e. The van der Waals surface area contributed by atoms with Crippen molar-refractivity contribution in [3.05, 3.63) is 80.7 Å². The minimum Gasteiger partial charge on any atom is -0.278 e. The lowest BCUT2D eigenvalue weighted by atomic mass is 10.1. The fraction of sp³-hybridized carbons (Fsp3) is 0. The number of rotatable bonds is 3. The molecule has 0 N–H and O–H groups in total. The highest BCUT2D eigenvalue weighted by Gasteiger charge is 2.10. The van der Waals surface area contributed by atoms with Crippen LogP contribution in [0.5, 0.6) is 0 Å². The highest BCUT2D eigenvalue weighted by atomic mass is 16.6. The fourth-order valence-electron chi connectivity index (χ4n) is 1.42. The Balaban J connectivity index is 2.04. The molecule has 2 rings (SSSR count). The van der Waals surface area contributed by atoms with E-state index < -0.39 is 10.7 Å². The van der Waals surface area contributed by atoms with E-state index in [1.54, 1.807) is 24.3 Å². The first-order valence-corrected chi connectivity index (χ1v) is 5.67. The van der Waals surface area contributed by atoms with Crippen molar-refractivity contribution in [2.75, 3.05) is 0 Å². The molecule has 2 aromatic carbocycles. The summed E-state index contributed by atoms with van der Waals surface area (Å²) in [5, 5.41) is 10.5. The average Bonchev–Trinajstić information content (AvgIpc) is 2.48. The average molecular weight is 267 g/mol. The van der Waals surface area contributed by atoms with Gasteiger partial charge in [-0.1, -0.05) is 41.0 Å². The highest BCUT2D eigenvalue weighted by Crippen LogP contribution is 2.17. The molecule has 0 fully saturated rings. The number of ketones is 1. The molecule has 98 valence electrons. The van der Waals surface area contributed by atoms with E-state index in [1.807, 2.05) is 6.07 Å². The van der Waals surface area contributed by atoms with Crippen molar-refractivity contribution < 1.29 is 9.72 Å². The van der Waals surface area contributed by atoms with Crippen LogP contribution >= 0.6 is 0 Å². The summed E-state index contributed by atoms with van der Waals surface area (Å²) in [4.78, 5) is 25.2. The molecule has 0 unspecified atom stereocenters. The standard InChI is InChI=1S/C14H9N3O3/c18-14(10-15-16-12-4-2-1-3-5-12)11-6-8-13(9-7-11)17(19)20/h1-9H. The van der Waals surface area contributed by atoms with Crippen molar-refractivity contribution in [3.8, 4) is 6.07 Å². The lowest BCUT2D eigenvalue weighted by Crippen LogP contribution is -1.95. The maximum atomic E-state index is 11.7.